The molecule has 0 spiro atoms. The lowest BCUT2D eigenvalue weighted by Crippen LogP contribution is -2.11. The zero-order valence-electron chi connectivity index (χ0n) is 10.1. The van der Waals surface area contributed by atoms with Crippen molar-refractivity contribution in [3.05, 3.63) is 33.9 Å². The molecule has 0 bridgehead atoms. The van der Waals surface area contributed by atoms with E-state index in [1.54, 1.807) is 19.1 Å². The molecule has 18 heavy (non-hydrogen) atoms. The third-order valence-corrected chi connectivity index (χ3v) is 2.52. The molecule has 2 aromatic rings. The van der Waals surface area contributed by atoms with Gasteiger partial charge in [-0.25, -0.2) is 4.98 Å². The number of H-pyrrole nitrogens is 1. The van der Waals surface area contributed by atoms with Crippen LogP contribution in [-0.2, 0) is 16.1 Å². The molecule has 0 amide bonds. The smallest absolute Gasteiger partial charge is 0.302 e. The Balaban J connectivity index is 2.54. The Morgan fingerprint density at radius 2 is 2.22 bits per heavy atom. The molecule has 6 heteroatoms. The number of fused-ring (bicyclic) bond motifs is 1. The third-order valence-electron chi connectivity index (χ3n) is 2.52. The van der Waals surface area contributed by atoms with Gasteiger partial charge in [0.05, 0.1) is 10.9 Å². The van der Waals surface area contributed by atoms with Gasteiger partial charge in [-0.05, 0) is 19.1 Å². The Hall–Kier alpha value is -2.37. The number of aromatic amines is 1. The van der Waals surface area contributed by atoms with Crippen molar-refractivity contribution in [3.63, 3.8) is 0 Å². The van der Waals surface area contributed by atoms with Crippen LogP contribution < -0.4 is 11.3 Å². The van der Waals surface area contributed by atoms with E-state index in [4.69, 9.17) is 10.5 Å². The Kier molecular flexibility index (Phi) is 3.01. The molecule has 1 aromatic heterocycles. The summed E-state index contributed by atoms with van der Waals surface area (Å²) in [4.78, 5) is 29.3. The summed E-state index contributed by atoms with van der Waals surface area (Å²) in [6, 6.07) is 3.20. The molecule has 0 unspecified atom stereocenters. The van der Waals surface area contributed by atoms with Gasteiger partial charge in [-0.15, -0.1) is 0 Å². The molecular weight excluding hydrogens is 234 g/mol. The van der Waals surface area contributed by atoms with Crippen molar-refractivity contribution in [1.82, 2.24) is 9.97 Å². The van der Waals surface area contributed by atoms with E-state index in [0.717, 1.165) is 0 Å². The number of nitrogens with two attached hydrogens (primary N) is 1. The van der Waals surface area contributed by atoms with Crippen LogP contribution >= 0.6 is 0 Å². The van der Waals surface area contributed by atoms with E-state index in [2.05, 4.69) is 9.97 Å². The Morgan fingerprint density at radius 3 is 2.89 bits per heavy atom. The van der Waals surface area contributed by atoms with Gasteiger partial charge in [0, 0.05) is 18.2 Å². The summed E-state index contributed by atoms with van der Waals surface area (Å²) < 4.78 is 4.87. The molecule has 0 aliphatic carbocycles. The molecule has 6 nitrogen and oxygen atoms in total. The maximum Gasteiger partial charge on any atom is 0.302 e. The van der Waals surface area contributed by atoms with Crippen molar-refractivity contribution in [2.45, 2.75) is 20.5 Å². The van der Waals surface area contributed by atoms with E-state index >= 15 is 0 Å². The van der Waals surface area contributed by atoms with Gasteiger partial charge in [-0.2, -0.15) is 0 Å². The van der Waals surface area contributed by atoms with E-state index in [1.807, 2.05) is 0 Å². The average Bonchev–Trinajstić information content (AvgIpc) is 2.26. The summed E-state index contributed by atoms with van der Waals surface area (Å²) in [5, 5.41) is 0.428. The highest BCUT2D eigenvalue weighted by molar-refractivity contribution is 5.82. The summed E-state index contributed by atoms with van der Waals surface area (Å²) in [6.45, 7) is 3.06. The minimum absolute atomic E-state index is 0.0461. The Morgan fingerprint density at radius 1 is 1.50 bits per heavy atom. The number of ether oxygens (including phenoxy) is 1. The summed E-state index contributed by atoms with van der Waals surface area (Å²) >= 11 is 0. The number of nitrogens with one attached hydrogen (secondary N) is 1. The van der Waals surface area contributed by atoms with Crippen LogP contribution in [0.5, 0.6) is 0 Å². The molecule has 0 saturated heterocycles. The summed E-state index contributed by atoms with van der Waals surface area (Å²) in [6.07, 6.45) is 0. The van der Waals surface area contributed by atoms with Gasteiger partial charge in [-0.1, -0.05) is 0 Å². The van der Waals surface area contributed by atoms with Gasteiger partial charge in [0.2, 0.25) is 0 Å². The van der Waals surface area contributed by atoms with Crippen molar-refractivity contribution < 1.29 is 9.53 Å². The fourth-order valence-corrected chi connectivity index (χ4v) is 1.67. The number of carbonyl (C=O) groups is 1. The molecule has 1 heterocycles. The Labute approximate surface area is 103 Å². The largest absolute Gasteiger partial charge is 0.461 e. The van der Waals surface area contributed by atoms with Crippen molar-refractivity contribution in [3.8, 4) is 0 Å². The van der Waals surface area contributed by atoms with Gasteiger partial charge in [-0.3, -0.25) is 9.59 Å². The minimum atomic E-state index is -0.398. The van der Waals surface area contributed by atoms with Crippen LogP contribution in [0.2, 0.25) is 0 Å². The molecule has 1 aromatic carbocycles. The first-order chi connectivity index (χ1) is 8.47. The number of nitrogen functional groups attached to an aromatic ring is 1. The molecule has 2 rings (SSSR count). The van der Waals surface area contributed by atoms with Crippen molar-refractivity contribution in [2.75, 3.05) is 5.73 Å². The molecular formula is C12H13N3O3. The number of aromatic nitrogens is 2. The number of anilines is 1. The first-order valence-corrected chi connectivity index (χ1v) is 5.40. The number of benzene rings is 1. The van der Waals surface area contributed by atoms with Gasteiger partial charge < -0.3 is 15.5 Å². The fraction of sp³-hybridized carbons (Fsp3) is 0.250. The quantitative estimate of drug-likeness (QED) is 0.606. The second kappa shape index (κ2) is 4.48. The van der Waals surface area contributed by atoms with Crippen molar-refractivity contribution in [2.24, 2.45) is 0 Å². The number of nitrogens with zero attached hydrogens (tertiary/aromatic N) is 1. The van der Waals surface area contributed by atoms with E-state index in [1.165, 1.54) is 6.92 Å². The second-order valence-electron chi connectivity index (χ2n) is 4.00. The van der Waals surface area contributed by atoms with Crippen LogP contribution in [0.1, 0.15) is 18.3 Å². The van der Waals surface area contributed by atoms with E-state index in [9.17, 15) is 9.59 Å². The fourth-order valence-electron chi connectivity index (χ4n) is 1.67. The molecule has 0 radical (unpaired) electrons. The third kappa shape index (κ3) is 2.32. The lowest BCUT2D eigenvalue weighted by atomic mass is 10.1. The van der Waals surface area contributed by atoms with Crippen LogP contribution in [0.25, 0.3) is 10.9 Å². The lowest BCUT2D eigenvalue weighted by molar-refractivity contribution is -0.142. The highest BCUT2D eigenvalue weighted by Gasteiger charge is 2.08. The number of rotatable bonds is 2. The number of esters is 1. The predicted molar refractivity (Wildman–Crippen MR) is 67.0 cm³/mol. The van der Waals surface area contributed by atoms with Crippen molar-refractivity contribution in [1.29, 1.82) is 0 Å². The van der Waals surface area contributed by atoms with E-state index in [-0.39, 0.29) is 12.2 Å². The topological polar surface area (TPSA) is 98.1 Å². The zero-order valence-corrected chi connectivity index (χ0v) is 10.1. The van der Waals surface area contributed by atoms with Crippen molar-refractivity contribution >= 4 is 22.6 Å². The highest BCUT2D eigenvalue weighted by atomic mass is 16.5. The van der Waals surface area contributed by atoms with Crippen LogP contribution in [0, 0.1) is 6.92 Å². The van der Waals surface area contributed by atoms with Crippen LogP contribution in [0.4, 0.5) is 5.69 Å². The number of hydrogen-bond donors (Lipinski definition) is 2. The molecule has 0 atom stereocenters. The van der Waals surface area contributed by atoms with Crippen LogP contribution in [0.15, 0.2) is 16.9 Å². The maximum absolute atomic E-state index is 11.8. The molecule has 0 aliphatic rings. The van der Waals surface area contributed by atoms with E-state index in [0.29, 0.717) is 28.0 Å². The molecule has 0 aliphatic heterocycles. The predicted octanol–water partition coefficient (Wildman–Crippen LogP) is 0.877. The summed E-state index contributed by atoms with van der Waals surface area (Å²) in [5.74, 6) is 0.130. The van der Waals surface area contributed by atoms with Crippen LogP contribution in [-0.4, -0.2) is 15.9 Å². The van der Waals surface area contributed by atoms with Gasteiger partial charge in [0.15, 0.2) is 0 Å². The monoisotopic (exact) mass is 247 g/mol. The standard InChI is InChI=1S/C12H13N3O3/c1-6-14-11-4-10(13)8(5-18-7(2)16)3-9(11)12(17)15-6/h3-4H,5,13H2,1-2H3,(H,14,15,17). The van der Waals surface area contributed by atoms with Crippen LogP contribution in [0.3, 0.4) is 0 Å². The number of hydrogen-bond acceptors (Lipinski definition) is 5. The second-order valence-corrected chi connectivity index (χ2v) is 4.00. The van der Waals surface area contributed by atoms with Gasteiger partial charge >= 0.3 is 5.97 Å². The number of carbonyl (C=O) groups excluding carboxylic acids is 1. The Bertz CT molecular complexity index is 676. The van der Waals surface area contributed by atoms with E-state index < -0.39 is 5.97 Å². The van der Waals surface area contributed by atoms with Gasteiger partial charge in [0.1, 0.15) is 12.4 Å². The molecule has 3 N–H and O–H groups in total. The first-order valence-electron chi connectivity index (χ1n) is 5.40. The maximum atomic E-state index is 11.8. The van der Waals surface area contributed by atoms with Gasteiger partial charge in [0.25, 0.3) is 5.56 Å². The number of aryl methyl sites for hydroxylation is 1. The molecule has 0 fully saturated rings. The average molecular weight is 247 g/mol. The highest BCUT2D eigenvalue weighted by Crippen LogP contribution is 2.19. The molecule has 94 valence electrons. The summed E-state index contributed by atoms with van der Waals surface area (Å²) in [7, 11) is 0. The SMILES string of the molecule is CC(=O)OCc1cc2c(=O)[nH]c(C)nc2cc1N. The molecule has 0 saturated carbocycles. The summed E-state index contributed by atoms with van der Waals surface area (Å²) in [5.41, 5.74) is 7.16. The zero-order chi connectivity index (χ0) is 13.3. The normalized spacial score (nSPS) is 10.6. The lowest BCUT2D eigenvalue weighted by Gasteiger charge is -2.07. The minimum Gasteiger partial charge on any atom is -0.461 e. The first kappa shape index (κ1) is 12.1.